The standard InChI is InChI=1S/C20H21N5O4S.HNO3/c1-14-10-16(28-9-3-7-24-25-20(21)22)12-17(11-14)29-30(26,27)19-5-2-4-15-13-23-8-6-18(15)19;2-1(3)4/h2,4-8,10-13H,3,9H2,1H3,(H4,21,22,25);(H,2,3,4). The first-order valence-corrected chi connectivity index (χ1v) is 10.9. The molecule has 5 N–H and O–H groups in total. The Labute approximate surface area is 194 Å². The van der Waals surface area contributed by atoms with Gasteiger partial charge in [0.2, 0.25) is 5.96 Å². The molecule has 0 saturated carbocycles. The summed E-state index contributed by atoms with van der Waals surface area (Å²) < 4.78 is 36.8. The fraction of sp³-hybridized carbons (Fsp3) is 0.150. The second kappa shape index (κ2) is 12.0. The number of nitrogens with two attached hydrogens (primary N) is 2. The summed E-state index contributed by atoms with van der Waals surface area (Å²) in [5, 5.41) is 22.0. The number of pyridine rings is 1. The quantitative estimate of drug-likeness (QED) is 0.104. The van der Waals surface area contributed by atoms with Gasteiger partial charge in [0.25, 0.3) is 5.09 Å². The molecule has 0 fully saturated rings. The van der Waals surface area contributed by atoms with E-state index in [-0.39, 0.29) is 16.6 Å². The van der Waals surface area contributed by atoms with Crippen LogP contribution in [0.25, 0.3) is 10.8 Å². The maximum absolute atomic E-state index is 12.9. The Balaban J connectivity index is 0.000000945. The maximum Gasteiger partial charge on any atom is 0.339 e. The second-order valence-electron chi connectivity index (χ2n) is 6.57. The summed E-state index contributed by atoms with van der Waals surface area (Å²) in [6.07, 6.45) is 5.11. The van der Waals surface area contributed by atoms with Crippen LogP contribution in [0.2, 0.25) is 0 Å². The van der Waals surface area contributed by atoms with Gasteiger partial charge in [-0.25, -0.2) is 0 Å². The zero-order valence-corrected chi connectivity index (χ0v) is 18.8. The number of nitrogens with zero attached hydrogens (tertiary/aromatic N) is 4. The highest BCUT2D eigenvalue weighted by molar-refractivity contribution is 7.87. The molecule has 0 unspecified atom stereocenters. The Bertz CT molecular complexity index is 1300. The Morgan fingerprint density at radius 2 is 1.94 bits per heavy atom. The highest BCUT2D eigenvalue weighted by Crippen LogP contribution is 2.28. The van der Waals surface area contributed by atoms with Crippen molar-refractivity contribution in [1.29, 1.82) is 0 Å². The van der Waals surface area contributed by atoms with Crippen molar-refractivity contribution in [1.82, 2.24) is 4.98 Å². The highest BCUT2D eigenvalue weighted by Gasteiger charge is 2.20. The summed E-state index contributed by atoms with van der Waals surface area (Å²) >= 11 is 0. The van der Waals surface area contributed by atoms with Crippen molar-refractivity contribution in [3.8, 4) is 11.5 Å². The van der Waals surface area contributed by atoms with Gasteiger partial charge in [0.05, 0.1) is 6.61 Å². The van der Waals surface area contributed by atoms with Crippen molar-refractivity contribution >= 4 is 33.1 Å². The molecule has 0 saturated heterocycles. The molecule has 0 aliphatic heterocycles. The first-order valence-electron chi connectivity index (χ1n) is 9.54. The molecule has 1 heterocycles. The molecular weight excluding hydrogens is 468 g/mol. The predicted molar refractivity (Wildman–Crippen MR) is 124 cm³/mol. The van der Waals surface area contributed by atoms with Crippen LogP contribution in [0.3, 0.4) is 0 Å². The van der Waals surface area contributed by atoms with E-state index in [0.29, 0.717) is 29.5 Å². The van der Waals surface area contributed by atoms with Crippen LogP contribution >= 0.6 is 0 Å². The third kappa shape index (κ3) is 8.23. The van der Waals surface area contributed by atoms with Gasteiger partial charge in [-0.2, -0.15) is 13.5 Å². The SMILES string of the molecule is Cc1cc(OCCC=NN=C(N)N)cc(OS(=O)(=O)c2cccc3cnccc23)c1.O=[N+]([O-])O. The van der Waals surface area contributed by atoms with Crippen LogP contribution in [0.4, 0.5) is 0 Å². The first-order chi connectivity index (χ1) is 16.1. The van der Waals surface area contributed by atoms with E-state index in [1.807, 2.05) is 6.92 Å². The fourth-order valence-corrected chi connectivity index (χ4v) is 3.86. The smallest absolute Gasteiger partial charge is 0.339 e. The molecule has 1 aromatic heterocycles. The maximum atomic E-state index is 12.9. The summed E-state index contributed by atoms with van der Waals surface area (Å²) in [5.41, 5.74) is 11.1. The van der Waals surface area contributed by atoms with Crippen LogP contribution in [-0.4, -0.2) is 42.5 Å². The minimum atomic E-state index is -4.06. The number of hydrogen-bond acceptors (Lipinski definition) is 9. The topological polar surface area (TPSA) is 206 Å². The van der Waals surface area contributed by atoms with Gasteiger partial charge in [-0.1, -0.05) is 12.1 Å². The number of guanidine groups is 1. The van der Waals surface area contributed by atoms with Gasteiger partial charge in [0, 0.05) is 41.9 Å². The van der Waals surface area contributed by atoms with Crippen molar-refractivity contribution in [2.75, 3.05) is 6.61 Å². The van der Waals surface area contributed by atoms with Crippen molar-refractivity contribution in [2.45, 2.75) is 18.2 Å². The molecule has 34 heavy (non-hydrogen) atoms. The molecule has 180 valence electrons. The second-order valence-corrected chi connectivity index (χ2v) is 8.08. The van der Waals surface area contributed by atoms with Gasteiger partial charge in [-0.3, -0.25) is 4.98 Å². The monoisotopic (exact) mass is 490 g/mol. The van der Waals surface area contributed by atoms with E-state index in [1.54, 1.807) is 36.5 Å². The Kier molecular flexibility index (Phi) is 9.08. The molecule has 0 aliphatic carbocycles. The third-order valence-electron chi connectivity index (χ3n) is 3.91. The number of fused-ring (bicyclic) bond motifs is 1. The molecule has 0 atom stereocenters. The minimum absolute atomic E-state index is 0.0716. The molecule has 0 bridgehead atoms. The van der Waals surface area contributed by atoms with Gasteiger partial charge >= 0.3 is 10.1 Å². The average Bonchev–Trinajstić information content (AvgIpc) is 2.74. The van der Waals surface area contributed by atoms with Crippen LogP contribution in [0, 0.1) is 17.0 Å². The molecule has 13 nitrogen and oxygen atoms in total. The lowest BCUT2D eigenvalue weighted by atomic mass is 10.2. The van der Waals surface area contributed by atoms with Crippen LogP contribution in [0.15, 0.2) is 70.0 Å². The molecule has 3 rings (SSSR count). The van der Waals surface area contributed by atoms with Crippen LogP contribution in [0.5, 0.6) is 11.5 Å². The molecular formula is C20H22N6O7S. The fourth-order valence-electron chi connectivity index (χ4n) is 2.72. The van der Waals surface area contributed by atoms with E-state index in [4.69, 9.17) is 35.7 Å². The van der Waals surface area contributed by atoms with E-state index in [1.165, 1.54) is 24.5 Å². The largest absolute Gasteiger partial charge is 0.493 e. The third-order valence-corrected chi connectivity index (χ3v) is 5.22. The van der Waals surface area contributed by atoms with Crippen molar-refractivity contribution in [2.24, 2.45) is 21.7 Å². The van der Waals surface area contributed by atoms with E-state index in [9.17, 15) is 8.42 Å². The average molecular weight is 490 g/mol. The summed E-state index contributed by atoms with van der Waals surface area (Å²) in [4.78, 5) is 12.5. The number of benzene rings is 2. The molecule has 0 amide bonds. The number of hydrogen-bond donors (Lipinski definition) is 3. The molecule has 0 aliphatic rings. The Hall–Kier alpha value is -4.46. The van der Waals surface area contributed by atoms with E-state index < -0.39 is 15.2 Å². The van der Waals surface area contributed by atoms with Crippen LogP contribution in [-0.2, 0) is 10.1 Å². The van der Waals surface area contributed by atoms with Gasteiger partial charge < -0.3 is 25.6 Å². The highest BCUT2D eigenvalue weighted by atomic mass is 32.2. The van der Waals surface area contributed by atoms with E-state index in [0.717, 1.165) is 5.56 Å². The number of aromatic nitrogens is 1. The molecule has 2 aromatic carbocycles. The van der Waals surface area contributed by atoms with E-state index >= 15 is 0 Å². The van der Waals surface area contributed by atoms with Gasteiger partial charge in [-0.15, -0.1) is 15.2 Å². The summed E-state index contributed by atoms with van der Waals surface area (Å²) in [6.45, 7) is 2.12. The molecule has 3 aromatic rings. The number of aryl methyl sites for hydroxylation is 1. The lowest BCUT2D eigenvalue weighted by Crippen LogP contribution is -2.21. The lowest BCUT2D eigenvalue weighted by Gasteiger charge is -2.12. The van der Waals surface area contributed by atoms with Crippen LogP contribution in [0.1, 0.15) is 12.0 Å². The molecule has 14 heteroatoms. The van der Waals surface area contributed by atoms with Crippen LogP contribution < -0.4 is 20.4 Å². The number of ether oxygens (including phenoxy) is 1. The molecule has 0 radical (unpaired) electrons. The summed E-state index contributed by atoms with van der Waals surface area (Å²) in [6, 6.07) is 11.5. The minimum Gasteiger partial charge on any atom is -0.493 e. The van der Waals surface area contributed by atoms with Gasteiger partial charge in [0.1, 0.15) is 16.4 Å². The van der Waals surface area contributed by atoms with Crippen molar-refractivity contribution in [3.63, 3.8) is 0 Å². The van der Waals surface area contributed by atoms with Crippen molar-refractivity contribution in [3.05, 3.63) is 70.5 Å². The lowest BCUT2D eigenvalue weighted by molar-refractivity contribution is -0.742. The Morgan fingerprint density at radius 3 is 2.65 bits per heavy atom. The Morgan fingerprint density at radius 1 is 1.24 bits per heavy atom. The summed E-state index contributed by atoms with van der Waals surface area (Å²) in [7, 11) is -4.06. The van der Waals surface area contributed by atoms with Crippen molar-refractivity contribution < 1.29 is 27.6 Å². The first kappa shape index (κ1) is 25.8. The predicted octanol–water partition coefficient (Wildman–Crippen LogP) is 1.99. The summed E-state index contributed by atoms with van der Waals surface area (Å²) in [5.74, 6) is 0.499. The van der Waals surface area contributed by atoms with Gasteiger partial charge in [0.15, 0.2) is 0 Å². The van der Waals surface area contributed by atoms with E-state index in [2.05, 4.69) is 15.2 Å². The zero-order valence-electron chi connectivity index (χ0n) is 17.9. The number of rotatable bonds is 8. The normalized spacial score (nSPS) is 10.9. The zero-order chi connectivity index (χ0) is 25.1. The van der Waals surface area contributed by atoms with Gasteiger partial charge in [-0.05, 0) is 36.8 Å². The molecule has 0 spiro atoms.